The maximum atomic E-state index is 12.9. The summed E-state index contributed by atoms with van der Waals surface area (Å²) in [4.78, 5) is 19.5. The van der Waals surface area contributed by atoms with Crippen LogP contribution in [0.4, 0.5) is 0 Å². The van der Waals surface area contributed by atoms with E-state index < -0.39 is 0 Å². The van der Waals surface area contributed by atoms with Crippen LogP contribution in [-0.2, 0) is 11.3 Å². The van der Waals surface area contributed by atoms with E-state index in [4.69, 9.17) is 0 Å². The highest BCUT2D eigenvalue weighted by molar-refractivity contribution is 7.99. The topological polar surface area (TPSA) is 50.2 Å². The van der Waals surface area contributed by atoms with Crippen molar-refractivity contribution < 1.29 is 4.79 Å². The number of benzene rings is 1. The Balaban J connectivity index is 1.51. The number of hydrogen-bond acceptors (Lipinski definition) is 4. The van der Waals surface area contributed by atoms with Gasteiger partial charge in [-0.3, -0.25) is 9.69 Å². The van der Waals surface area contributed by atoms with Gasteiger partial charge >= 0.3 is 0 Å². The molecule has 0 radical (unpaired) electrons. The van der Waals surface area contributed by atoms with Gasteiger partial charge in [0.15, 0.2) is 0 Å². The largest absolute Gasteiger partial charge is 0.354 e. The monoisotopic (exact) mass is 372 g/mol. The number of thioether (sulfide) groups is 1. The Kier molecular flexibility index (Phi) is 7.14. The molecule has 1 aromatic carbocycles. The molecule has 0 bridgehead atoms. The summed E-state index contributed by atoms with van der Waals surface area (Å²) in [7, 11) is 0. The van der Waals surface area contributed by atoms with Crippen LogP contribution in [-0.4, -0.2) is 51.5 Å². The Labute approximate surface area is 160 Å². The van der Waals surface area contributed by atoms with Crippen LogP contribution in [0.25, 0.3) is 0 Å². The molecule has 1 atom stereocenters. The quantitative estimate of drug-likeness (QED) is 0.724. The standard InChI is InChI=1S/C20H28N4OS/c1-17-21-10-12-23(17)11-6-5-9-22-20(25)19(18-7-3-2-4-8-18)24-13-15-26-16-14-24/h2-4,7-8,10,12,19H,5-6,9,11,13-16H2,1H3,(H,22,25)/t19-/m1/s1. The van der Waals surface area contributed by atoms with E-state index in [1.165, 1.54) is 0 Å². The fraction of sp³-hybridized carbons (Fsp3) is 0.500. The Morgan fingerprint density at radius 1 is 1.23 bits per heavy atom. The van der Waals surface area contributed by atoms with Crippen molar-refractivity contribution >= 4 is 17.7 Å². The minimum Gasteiger partial charge on any atom is -0.354 e. The normalized spacial score (nSPS) is 16.3. The second-order valence-corrected chi connectivity index (χ2v) is 7.85. The highest BCUT2D eigenvalue weighted by Crippen LogP contribution is 2.24. The van der Waals surface area contributed by atoms with Gasteiger partial charge in [-0.2, -0.15) is 11.8 Å². The molecule has 2 aromatic rings. The molecule has 1 aromatic heterocycles. The predicted molar refractivity (Wildman–Crippen MR) is 107 cm³/mol. The molecule has 1 saturated heterocycles. The summed E-state index contributed by atoms with van der Waals surface area (Å²) in [5.74, 6) is 3.37. The number of imidazole rings is 1. The summed E-state index contributed by atoms with van der Waals surface area (Å²) in [5, 5.41) is 3.16. The first-order chi connectivity index (χ1) is 12.8. The summed E-state index contributed by atoms with van der Waals surface area (Å²) >= 11 is 1.97. The maximum absolute atomic E-state index is 12.9. The van der Waals surface area contributed by atoms with E-state index in [9.17, 15) is 4.79 Å². The highest BCUT2D eigenvalue weighted by Gasteiger charge is 2.28. The molecule has 6 heteroatoms. The first kappa shape index (κ1) is 19.0. The fourth-order valence-corrected chi connectivity index (χ4v) is 4.29. The molecule has 3 rings (SSSR count). The molecule has 0 spiro atoms. The number of nitrogens with one attached hydrogen (secondary N) is 1. The van der Waals surface area contributed by atoms with Crippen LogP contribution >= 0.6 is 11.8 Å². The summed E-state index contributed by atoms with van der Waals surface area (Å²) in [5.41, 5.74) is 1.09. The average Bonchev–Trinajstić information content (AvgIpc) is 3.08. The van der Waals surface area contributed by atoms with Gasteiger partial charge in [-0.25, -0.2) is 4.98 Å². The number of nitrogens with zero attached hydrogens (tertiary/aromatic N) is 3. The molecule has 2 heterocycles. The summed E-state index contributed by atoms with van der Waals surface area (Å²) < 4.78 is 2.15. The maximum Gasteiger partial charge on any atom is 0.241 e. The van der Waals surface area contributed by atoms with Crippen LogP contribution in [0.3, 0.4) is 0 Å². The van der Waals surface area contributed by atoms with Gasteiger partial charge in [-0.15, -0.1) is 0 Å². The molecule has 0 saturated carbocycles. The minimum atomic E-state index is -0.173. The Morgan fingerprint density at radius 3 is 2.69 bits per heavy atom. The van der Waals surface area contributed by atoms with Crippen molar-refractivity contribution in [3.8, 4) is 0 Å². The number of carbonyl (C=O) groups is 1. The zero-order chi connectivity index (χ0) is 18.2. The van der Waals surface area contributed by atoms with Crippen LogP contribution < -0.4 is 5.32 Å². The molecule has 1 aliphatic rings. The van der Waals surface area contributed by atoms with E-state index >= 15 is 0 Å². The van der Waals surface area contributed by atoms with E-state index in [-0.39, 0.29) is 11.9 Å². The Bertz CT molecular complexity index is 682. The van der Waals surface area contributed by atoms with E-state index in [1.54, 1.807) is 0 Å². The lowest BCUT2D eigenvalue weighted by atomic mass is 10.0. The number of rotatable bonds is 8. The first-order valence-electron chi connectivity index (χ1n) is 9.38. The Hall–Kier alpha value is -1.79. The van der Waals surface area contributed by atoms with Crippen molar-refractivity contribution in [1.29, 1.82) is 0 Å². The zero-order valence-electron chi connectivity index (χ0n) is 15.4. The molecule has 1 amide bonds. The van der Waals surface area contributed by atoms with Crippen molar-refractivity contribution in [3.05, 3.63) is 54.1 Å². The summed E-state index contributed by atoms with van der Waals surface area (Å²) in [6.07, 6.45) is 5.85. The molecular weight excluding hydrogens is 344 g/mol. The summed E-state index contributed by atoms with van der Waals surface area (Å²) in [6, 6.07) is 9.99. The Morgan fingerprint density at radius 2 is 2.00 bits per heavy atom. The molecule has 140 valence electrons. The second-order valence-electron chi connectivity index (χ2n) is 6.63. The third-order valence-corrected chi connectivity index (χ3v) is 5.77. The number of amides is 1. The van der Waals surface area contributed by atoms with Crippen LogP contribution in [0.2, 0.25) is 0 Å². The fourth-order valence-electron chi connectivity index (χ4n) is 3.35. The van der Waals surface area contributed by atoms with Gasteiger partial charge in [-0.05, 0) is 25.3 Å². The van der Waals surface area contributed by atoms with Crippen LogP contribution in [0, 0.1) is 6.92 Å². The lowest BCUT2D eigenvalue weighted by molar-refractivity contribution is -0.126. The van der Waals surface area contributed by atoms with Gasteiger partial charge in [0.05, 0.1) is 0 Å². The average molecular weight is 373 g/mol. The third kappa shape index (κ3) is 5.11. The third-order valence-electron chi connectivity index (χ3n) is 4.82. The van der Waals surface area contributed by atoms with Gasteiger partial charge in [0, 0.05) is 50.1 Å². The van der Waals surface area contributed by atoms with Gasteiger partial charge in [0.2, 0.25) is 5.91 Å². The van der Waals surface area contributed by atoms with Gasteiger partial charge in [0.1, 0.15) is 11.9 Å². The number of aromatic nitrogens is 2. The first-order valence-corrected chi connectivity index (χ1v) is 10.5. The SMILES string of the molecule is Cc1nccn1CCCCNC(=O)[C@@H](c1ccccc1)N1CCSCC1. The van der Waals surface area contributed by atoms with Crippen LogP contribution in [0.1, 0.15) is 30.3 Å². The van der Waals surface area contributed by atoms with E-state index in [2.05, 4.69) is 31.9 Å². The molecular formula is C20H28N4OS. The molecule has 1 aliphatic heterocycles. The predicted octanol–water partition coefficient (Wildman–Crippen LogP) is 2.88. The van der Waals surface area contributed by atoms with Crippen molar-refractivity contribution in [2.75, 3.05) is 31.1 Å². The molecule has 0 aliphatic carbocycles. The molecule has 26 heavy (non-hydrogen) atoms. The lowest BCUT2D eigenvalue weighted by Crippen LogP contribution is -2.44. The summed E-state index contributed by atoms with van der Waals surface area (Å²) in [6.45, 7) is 5.63. The van der Waals surface area contributed by atoms with Gasteiger partial charge in [-0.1, -0.05) is 30.3 Å². The zero-order valence-corrected chi connectivity index (χ0v) is 16.3. The van der Waals surface area contributed by atoms with E-state index in [0.717, 1.165) is 61.9 Å². The van der Waals surface area contributed by atoms with Crippen molar-refractivity contribution in [2.45, 2.75) is 32.4 Å². The minimum absolute atomic E-state index is 0.127. The van der Waals surface area contributed by atoms with Gasteiger partial charge in [0.25, 0.3) is 0 Å². The van der Waals surface area contributed by atoms with Crippen LogP contribution in [0.5, 0.6) is 0 Å². The van der Waals surface area contributed by atoms with E-state index in [1.807, 2.05) is 49.3 Å². The second kappa shape index (κ2) is 9.78. The number of unbranched alkanes of at least 4 members (excludes halogenated alkanes) is 1. The molecule has 5 nitrogen and oxygen atoms in total. The molecule has 1 N–H and O–H groups in total. The smallest absolute Gasteiger partial charge is 0.241 e. The van der Waals surface area contributed by atoms with Crippen molar-refractivity contribution in [2.24, 2.45) is 0 Å². The molecule has 1 fully saturated rings. The number of hydrogen-bond donors (Lipinski definition) is 1. The number of aryl methyl sites for hydroxylation is 2. The van der Waals surface area contributed by atoms with E-state index in [0.29, 0.717) is 0 Å². The van der Waals surface area contributed by atoms with Gasteiger partial charge < -0.3 is 9.88 Å². The van der Waals surface area contributed by atoms with Crippen molar-refractivity contribution in [1.82, 2.24) is 19.8 Å². The van der Waals surface area contributed by atoms with Crippen LogP contribution in [0.15, 0.2) is 42.7 Å². The number of carbonyl (C=O) groups excluding carboxylic acids is 1. The lowest BCUT2D eigenvalue weighted by Gasteiger charge is -2.33. The highest BCUT2D eigenvalue weighted by atomic mass is 32.2. The van der Waals surface area contributed by atoms with Crippen molar-refractivity contribution in [3.63, 3.8) is 0 Å². The molecule has 0 unspecified atom stereocenters.